The van der Waals surface area contributed by atoms with Gasteiger partial charge in [-0.2, -0.15) is 5.10 Å². The quantitative estimate of drug-likeness (QED) is 0.635. The number of carbonyl (C=O) groups excluding carboxylic acids is 1. The highest BCUT2D eigenvalue weighted by Crippen LogP contribution is 2.28. The van der Waals surface area contributed by atoms with Crippen LogP contribution in [0.1, 0.15) is 69.2 Å². The van der Waals surface area contributed by atoms with Gasteiger partial charge in [-0.05, 0) is 84.0 Å². The third-order valence-electron chi connectivity index (χ3n) is 7.75. The normalized spacial score (nSPS) is 24.0. The number of aryl methyl sites for hydroxylation is 2. The lowest BCUT2D eigenvalue weighted by molar-refractivity contribution is -0.133. The van der Waals surface area contributed by atoms with E-state index in [2.05, 4.69) is 25.9 Å². The Hall–Kier alpha value is -1.40. The van der Waals surface area contributed by atoms with Crippen LogP contribution in [0.25, 0.3) is 0 Å². The highest BCUT2D eigenvalue weighted by atomic mass is 16.2. The van der Waals surface area contributed by atoms with Crippen molar-refractivity contribution in [2.45, 2.75) is 84.2 Å². The Morgan fingerprint density at radius 3 is 2.52 bits per heavy atom. The van der Waals surface area contributed by atoms with E-state index in [1.54, 1.807) is 0 Å². The van der Waals surface area contributed by atoms with Crippen molar-refractivity contribution in [2.75, 3.05) is 45.8 Å². The summed E-state index contributed by atoms with van der Waals surface area (Å²) in [5, 5.41) is 4.54. The molecule has 2 aliphatic heterocycles. The summed E-state index contributed by atoms with van der Waals surface area (Å²) in [5.41, 5.74) is 2.07. The van der Waals surface area contributed by atoms with Crippen LogP contribution in [-0.2, 0) is 11.3 Å². The summed E-state index contributed by atoms with van der Waals surface area (Å²) in [5.74, 6) is 0.848. The zero-order valence-corrected chi connectivity index (χ0v) is 19.9. The predicted molar refractivity (Wildman–Crippen MR) is 125 cm³/mol. The van der Waals surface area contributed by atoms with E-state index < -0.39 is 0 Å². The lowest BCUT2D eigenvalue weighted by Crippen LogP contribution is -2.48. The van der Waals surface area contributed by atoms with Gasteiger partial charge in [0.05, 0.1) is 5.69 Å². The fraction of sp³-hybridized carbons (Fsp3) is 0.840. The number of carbonyl (C=O) groups is 1. The first-order valence-corrected chi connectivity index (χ1v) is 12.8. The minimum atomic E-state index is 0.237. The van der Waals surface area contributed by atoms with Gasteiger partial charge in [-0.3, -0.25) is 9.48 Å². The summed E-state index contributed by atoms with van der Waals surface area (Å²) < 4.78 is 1.89. The Labute approximate surface area is 188 Å². The van der Waals surface area contributed by atoms with E-state index in [1.807, 2.05) is 18.5 Å². The summed E-state index contributed by atoms with van der Waals surface area (Å²) in [7, 11) is 0. The monoisotopic (exact) mass is 429 g/mol. The zero-order valence-electron chi connectivity index (χ0n) is 19.9. The van der Waals surface area contributed by atoms with Gasteiger partial charge >= 0.3 is 0 Å². The number of amides is 1. The largest absolute Gasteiger partial charge is 0.339 e. The Bertz CT molecular complexity index is 705. The molecule has 1 aromatic rings. The van der Waals surface area contributed by atoms with E-state index in [0.29, 0.717) is 12.5 Å². The van der Waals surface area contributed by atoms with Crippen LogP contribution in [0.3, 0.4) is 0 Å². The summed E-state index contributed by atoms with van der Waals surface area (Å²) >= 11 is 0. The van der Waals surface area contributed by atoms with Crippen LogP contribution in [0.5, 0.6) is 0 Å². The number of likely N-dealkylation sites (tertiary alicyclic amines) is 2. The lowest BCUT2D eigenvalue weighted by atomic mass is 9.95. The van der Waals surface area contributed by atoms with Gasteiger partial charge in [-0.25, -0.2) is 0 Å². The maximum absolute atomic E-state index is 13.4. The molecule has 31 heavy (non-hydrogen) atoms. The highest BCUT2D eigenvalue weighted by Gasteiger charge is 2.30. The molecule has 0 bridgehead atoms. The maximum Gasteiger partial charge on any atom is 0.244 e. The highest BCUT2D eigenvalue weighted by molar-refractivity contribution is 5.76. The number of piperidine rings is 2. The summed E-state index contributed by atoms with van der Waals surface area (Å²) in [6.45, 7) is 12.0. The third kappa shape index (κ3) is 6.32. The number of hydrogen-bond donors (Lipinski definition) is 0. The molecule has 1 amide bonds. The first-order chi connectivity index (χ1) is 15.1. The molecule has 1 unspecified atom stereocenters. The molecule has 6 nitrogen and oxygen atoms in total. The minimum absolute atomic E-state index is 0.237. The fourth-order valence-corrected chi connectivity index (χ4v) is 5.99. The molecule has 3 aliphatic rings. The van der Waals surface area contributed by atoms with Crippen molar-refractivity contribution < 1.29 is 4.79 Å². The Morgan fingerprint density at radius 2 is 1.81 bits per heavy atom. The molecular weight excluding hydrogens is 386 g/mol. The average molecular weight is 430 g/mol. The van der Waals surface area contributed by atoms with Crippen LogP contribution in [0.2, 0.25) is 0 Å². The van der Waals surface area contributed by atoms with Crippen LogP contribution in [0.4, 0.5) is 0 Å². The SMILES string of the molecule is Cc1cc(C)n(CC(=O)N(CCN2CCCCC2)CC2CCCN(C3CCCC3)C2)n1. The Morgan fingerprint density at radius 1 is 1.03 bits per heavy atom. The second-order valence-corrected chi connectivity index (χ2v) is 10.3. The second-order valence-electron chi connectivity index (χ2n) is 10.3. The van der Waals surface area contributed by atoms with E-state index in [-0.39, 0.29) is 5.91 Å². The zero-order chi connectivity index (χ0) is 21.6. The van der Waals surface area contributed by atoms with Crippen molar-refractivity contribution in [3.8, 4) is 0 Å². The van der Waals surface area contributed by atoms with E-state index in [1.165, 1.54) is 84.0 Å². The van der Waals surface area contributed by atoms with Gasteiger partial charge in [0.1, 0.15) is 6.54 Å². The molecule has 0 spiro atoms. The van der Waals surface area contributed by atoms with Crippen molar-refractivity contribution >= 4 is 5.91 Å². The van der Waals surface area contributed by atoms with Gasteiger partial charge in [0.15, 0.2) is 0 Å². The first-order valence-electron chi connectivity index (χ1n) is 12.8. The minimum Gasteiger partial charge on any atom is -0.339 e. The van der Waals surface area contributed by atoms with Gasteiger partial charge in [0.25, 0.3) is 0 Å². The molecule has 1 saturated carbocycles. The van der Waals surface area contributed by atoms with Gasteiger partial charge in [0, 0.05) is 37.9 Å². The Balaban J connectivity index is 1.38. The molecule has 2 saturated heterocycles. The molecule has 6 heteroatoms. The third-order valence-corrected chi connectivity index (χ3v) is 7.75. The molecule has 174 valence electrons. The van der Waals surface area contributed by atoms with E-state index in [0.717, 1.165) is 37.1 Å². The maximum atomic E-state index is 13.4. The van der Waals surface area contributed by atoms with Gasteiger partial charge in [-0.1, -0.05) is 19.3 Å². The number of nitrogens with zero attached hydrogens (tertiary/aromatic N) is 5. The molecule has 3 fully saturated rings. The van der Waals surface area contributed by atoms with Crippen molar-refractivity contribution in [3.63, 3.8) is 0 Å². The number of rotatable bonds is 8. The van der Waals surface area contributed by atoms with E-state index in [4.69, 9.17) is 0 Å². The van der Waals surface area contributed by atoms with Crippen LogP contribution in [0.15, 0.2) is 6.07 Å². The summed E-state index contributed by atoms with van der Waals surface area (Å²) in [6.07, 6.45) is 12.1. The van der Waals surface area contributed by atoms with E-state index in [9.17, 15) is 4.79 Å². The molecule has 3 heterocycles. The standard InChI is InChI=1S/C25H43N5O/c1-21-17-22(2)30(26-21)20-25(31)29(16-15-27-12-6-3-7-13-27)19-23-9-8-14-28(18-23)24-10-4-5-11-24/h17,23-24H,3-16,18-20H2,1-2H3. The molecule has 0 N–H and O–H groups in total. The van der Waals surface area contributed by atoms with Crippen LogP contribution < -0.4 is 0 Å². The molecule has 1 atom stereocenters. The van der Waals surface area contributed by atoms with E-state index >= 15 is 0 Å². The summed E-state index contributed by atoms with van der Waals surface area (Å²) in [6, 6.07) is 2.86. The lowest BCUT2D eigenvalue weighted by Gasteiger charge is -2.39. The van der Waals surface area contributed by atoms with Crippen molar-refractivity contribution in [2.24, 2.45) is 5.92 Å². The molecule has 1 aromatic heterocycles. The van der Waals surface area contributed by atoms with Crippen molar-refractivity contribution in [3.05, 3.63) is 17.5 Å². The molecular formula is C25H43N5O. The fourth-order valence-electron chi connectivity index (χ4n) is 5.99. The Kier molecular flexibility index (Phi) is 8.05. The van der Waals surface area contributed by atoms with Gasteiger partial charge < -0.3 is 14.7 Å². The molecule has 1 aliphatic carbocycles. The smallest absolute Gasteiger partial charge is 0.244 e. The van der Waals surface area contributed by atoms with Crippen LogP contribution in [0, 0.1) is 19.8 Å². The van der Waals surface area contributed by atoms with Crippen molar-refractivity contribution in [1.29, 1.82) is 0 Å². The van der Waals surface area contributed by atoms with Crippen LogP contribution >= 0.6 is 0 Å². The van der Waals surface area contributed by atoms with Gasteiger partial charge in [0.2, 0.25) is 5.91 Å². The number of aromatic nitrogens is 2. The van der Waals surface area contributed by atoms with Crippen LogP contribution in [-0.4, -0.2) is 82.2 Å². The average Bonchev–Trinajstić information content (AvgIpc) is 3.42. The first kappa shape index (κ1) is 22.8. The van der Waals surface area contributed by atoms with Crippen molar-refractivity contribution in [1.82, 2.24) is 24.5 Å². The number of hydrogen-bond acceptors (Lipinski definition) is 4. The van der Waals surface area contributed by atoms with Gasteiger partial charge in [-0.15, -0.1) is 0 Å². The second kappa shape index (κ2) is 11.0. The molecule has 4 rings (SSSR count). The topological polar surface area (TPSA) is 44.6 Å². The predicted octanol–water partition coefficient (Wildman–Crippen LogP) is 3.47. The molecule has 0 radical (unpaired) electrons. The summed E-state index contributed by atoms with van der Waals surface area (Å²) in [4.78, 5) is 20.9. The molecule has 0 aromatic carbocycles.